The van der Waals surface area contributed by atoms with E-state index in [4.69, 9.17) is 14.6 Å². The molecule has 114 valence electrons. The van der Waals surface area contributed by atoms with E-state index in [9.17, 15) is 4.79 Å². The van der Waals surface area contributed by atoms with Gasteiger partial charge in [0.2, 0.25) is 0 Å². The van der Waals surface area contributed by atoms with Crippen LogP contribution in [0.15, 0.2) is 24.3 Å². The lowest BCUT2D eigenvalue weighted by atomic mass is 10.2. The third-order valence-electron chi connectivity index (χ3n) is 2.18. The van der Waals surface area contributed by atoms with Crippen LogP contribution in [-0.4, -0.2) is 36.6 Å². The summed E-state index contributed by atoms with van der Waals surface area (Å²) in [6.07, 6.45) is -0.499. The summed E-state index contributed by atoms with van der Waals surface area (Å²) >= 11 is 0. The molecule has 0 atom stereocenters. The predicted molar refractivity (Wildman–Crippen MR) is 80.1 cm³/mol. The average molecular weight is 291 g/mol. The number of alkyl carbamates (subject to hydrolysis) is 1. The van der Waals surface area contributed by atoms with Crippen molar-refractivity contribution in [3.63, 3.8) is 0 Å². The van der Waals surface area contributed by atoms with Gasteiger partial charge in [-0.25, -0.2) is 4.79 Å². The summed E-state index contributed by atoms with van der Waals surface area (Å²) in [5.41, 5.74) is 0.180. The summed E-state index contributed by atoms with van der Waals surface area (Å²) in [5, 5.41) is 11.3. The lowest BCUT2D eigenvalue weighted by Gasteiger charge is -2.19. The molecule has 0 unspecified atom stereocenters. The Balaban J connectivity index is 2.53. The summed E-state index contributed by atoms with van der Waals surface area (Å²) in [7, 11) is 0. The maximum absolute atomic E-state index is 11.4. The van der Waals surface area contributed by atoms with Gasteiger partial charge in [-0.3, -0.25) is 0 Å². The molecule has 5 nitrogen and oxygen atoms in total. The third-order valence-corrected chi connectivity index (χ3v) is 2.18. The minimum absolute atomic E-state index is 0.0536. The maximum atomic E-state index is 11.4. The van der Waals surface area contributed by atoms with Crippen LogP contribution in [0.1, 0.15) is 26.3 Å². The van der Waals surface area contributed by atoms with Gasteiger partial charge in [0.15, 0.2) is 0 Å². The summed E-state index contributed by atoms with van der Waals surface area (Å²) in [4.78, 5) is 11.4. The van der Waals surface area contributed by atoms with Crippen molar-refractivity contribution in [2.45, 2.75) is 26.4 Å². The van der Waals surface area contributed by atoms with Gasteiger partial charge in [-0.15, -0.1) is 0 Å². The molecular weight excluding hydrogens is 270 g/mol. The molecule has 0 saturated carbocycles. The molecule has 0 spiro atoms. The van der Waals surface area contributed by atoms with Crippen molar-refractivity contribution in [1.29, 1.82) is 0 Å². The highest BCUT2D eigenvalue weighted by molar-refractivity contribution is 5.68. The summed E-state index contributed by atoms with van der Waals surface area (Å²) < 4.78 is 10.5. The first-order valence-corrected chi connectivity index (χ1v) is 6.71. The fourth-order valence-corrected chi connectivity index (χ4v) is 1.42. The van der Waals surface area contributed by atoms with Crippen molar-refractivity contribution in [3.8, 4) is 17.6 Å². The molecule has 1 aromatic rings. The average Bonchev–Trinajstić information content (AvgIpc) is 2.40. The molecule has 0 saturated heterocycles. The van der Waals surface area contributed by atoms with Gasteiger partial charge in [-0.05, 0) is 32.9 Å². The number of aliphatic hydroxyl groups excluding tert-OH is 1. The van der Waals surface area contributed by atoms with Crippen molar-refractivity contribution in [1.82, 2.24) is 5.32 Å². The Morgan fingerprint density at radius 2 is 2.05 bits per heavy atom. The van der Waals surface area contributed by atoms with Crippen LogP contribution >= 0.6 is 0 Å². The second-order valence-corrected chi connectivity index (χ2v) is 5.23. The minimum Gasteiger partial charge on any atom is -0.490 e. The number of hydrogen-bond donors (Lipinski definition) is 2. The molecule has 0 aliphatic carbocycles. The monoisotopic (exact) mass is 291 g/mol. The van der Waals surface area contributed by atoms with E-state index < -0.39 is 11.7 Å². The Bertz CT molecular complexity index is 523. The molecule has 0 heterocycles. The van der Waals surface area contributed by atoms with Crippen LogP contribution in [-0.2, 0) is 4.74 Å². The van der Waals surface area contributed by atoms with Crippen LogP contribution in [0, 0.1) is 11.8 Å². The van der Waals surface area contributed by atoms with Gasteiger partial charge in [-0.2, -0.15) is 0 Å². The largest absolute Gasteiger partial charge is 0.490 e. The van der Waals surface area contributed by atoms with Gasteiger partial charge >= 0.3 is 6.09 Å². The molecule has 5 heteroatoms. The molecule has 0 bridgehead atoms. The fraction of sp³-hybridized carbons (Fsp3) is 0.438. The first kappa shape index (κ1) is 16.9. The van der Waals surface area contributed by atoms with Gasteiger partial charge in [0, 0.05) is 0 Å². The Kier molecular flexibility index (Phi) is 6.57. The van der Waals surface area contributed by atoms with Crippen molar-refractivity contribution < 1.29 is 19.4 Å². The van der Waals surface area contributed by atoms with Crippen LogP contribution < -0.4 is 10.1 Å². The number of rotatable bonds is 4. The molecule has 21 heavy (non-hydrogen) atoms. The molecule has 1 aromatic carbocycles. The number of amides is 1. The molecule has 0 radical (unpaired) electrons. The lowest BCUT2D eigenvalue weighted by Crippen LogP contribution is -2.32. The van der Waals surface area contributed by atoms with E-state index in [0.717, 1.165) is 0 Å². The van der Waals surface area contributed by atoms with Crippen LogP contribution in [0.4, 0.5) is 4.79 Å². The van der Waals surface area contributed by atoms with E-state index in [0.29, 0.717) is 11.3 Å². The number of carbonyl (C=O) groups is 1. The van der Waals surface area contributed by atoms with E-state index >= 15 is 0 Å². The number of benzene rings is 1. The lowest BCUT2D eigenvalue weighted by molar-refractivity contribution is 0.0535. The van der Waals surface area contributed by atoms with Crippen LogP contribution in [0.5, 0.6) is 5.75 Å². The molecule has 0 aliphatic rings. The Morgan fingerprint density at radius 3 is 2.71 bits per heavy atom. The fourth-order valence-electron chi connectivity index (χ4n) is 1.42. The van der Waals surface area contributed by atoms with Gasteiger partial charge in [0.25, 0.3) is 0 Å². The SMILES string of the molecule is CC(C)(C)OC(=O)NCC#Cc1ccccc1OCCO. The van der Waals surface area contributed by atoms with Gasteiger partial charge in [0.05, 0.1) is 18.7 Å². The Hall–Kier alpha value is -2.19. The molecule has 0 fully saturated rings. The first-order chi connectivity index (χ1) is 9.92. The highest BCUT2D eigenvalue weighted by Gasteiger charge is 2.14. The van der Waals surface area contributed by atoms with E-state index in [-0.39, 0.29) is 19.8 Å². The number of carbonyl (C=O) groups excluding carboxylic acids is 1. The van der Waals surface area contributed by atoms with Crippen LogP contribution in [0.3, 0.4) is 0 Å². The normalized spacial score (nSPS) is 10.3. The molecule has 0 aromatic heterocycles. The highest BCUT2D eigenvalue weighted by Crippen LogP contribution is 2.16. The number of aliphatic hydroxyl groups is 1. The van der Waals surface area contributed by atoms with Crippen molar-refractivity contribution >= 4 is 6.09 Å². The number of ether oxygens (including phenoxy) is 2. The predicted octanol–water partition coefficient (Wildman–Crippen LogP) is 1.93. The van der Waals surface area contributed by atoms with E-state index in [1.54, 1.807) is 26.8 Å². The molecule has 0 aliphatic heterocycles. The molecule has 1 rings (SSSR count). The quantitative estimate of drug-likeness (QED) is 0.832. The zero-order valence-corrected chi connectivity index (χ0v) is 12.6. The zero-order chi connectivity index (χ0) is 15.7. The van der Waals surface area contributed by atoms with Crippen molar-refractivity contribution in [2.75, 3.05) is 19.8 Å². The maximum Gasteiger partial charge on any atom is 0.408 e. The topological polar surface area (TPSA) is 67.8 Å². The second-order valence-electron chi connectivity index (χ2n) is 5.23. The number of para-hydroxylation sites is 1. The third kappa shape index (κ3) is 7.23. The van der Waals surface area contributed by atoms with Gasteiger partial charge < -0.3 is 19.9 Å². The standard InChI is InChI=1S/C16H21NO4/c1-16(2,3)21-15(19)17-10-6-8-13-7-4-5-9-14(13)20-12-11-18/h4-5,7,9,18H,10-12H2,1-3H3,(H,17,19). The molecule has 2 N–H and O–H groups in total. The van der Waals surface area contributed by atoms with Crippen molar-refractivity contribution in [2.24, 2.45) is 0 Å². The van der Waals surface area contributed by atoms with E-state index in [2.05, 4.69) is 17.2 Å². The summed E-state index contributed by atoms with van der Waals surface area (Å²) in [6, 6.07) is 7.27. The van der Waals surface area contributed by atoms with Crippen LogP contribution in [0.25, 0.3) is 0 Å². The second kappa shape index (κ2) is 8.18. The first-order valence-electron chi connectivity index (χ1n) is 6.71. The molecule has 1 amide bonds. The van der Waals surface area contributed by atoms with Crippen LogP contribution in [0.2, 0.25) is 0 Å². The minimum atomic E-state index is -0.526. The van der Waals surface area contributed by atoms with E-state index in [1.165, 1.54) is 0 Å². The van der Waals surface area contributed by atoms with E-state index in [1.807, 2.05) is 18.2 Å². The number of nitrogens with one attached hydrogen (secondary N) is 1. The molecular formula is C16H21NO4. The van der Waals surface area contributed by atoms with Gasteiger partial charge in [0.1, 0.15) is 18.0 Å². The smallest absolute Gasteiger partial charge is 0.408 e. The zero-order valence-electron chi connectivity index (χ0n) is 12.6. The summed E-state index contributed by atoms with van der Waals surface area (Å²) in [5.74, 6) is 6.35. The number of hydrogen-bond acceptors (Lipinski definition) is 4. The Morgan fingerprint density at radius 1 is 1.33 bits per heavy atom. The Labute approximate surface area is 125 Å². The van der Waals surface area contributed by atoms with Crippen molar-refractivity contribution in [3.05, 3.63) is 29.8 Å². The van der Waals surface area contributed by atoms with Gasteiger partial charge in [-0.1, -0.05) is 24.0 Å². The summed E-state index contributed by atoms with van der Waals surface area (Å²) in [6.45, 7) is 5.74. The highest BCUT2D eigenvalue weighted by atomic mass is 16.6.